The maximum Gasteiger partial charge on any atom is 0.178 e. The maximum absolute atomic E-state index is 13.4. The van der Waals surface area contributed by atoms with Crippen molar-refractivity contribution >= 4 is 23.3 Å². The molecule has 0 radical (unpaired) electrons. The van der Waals surface area contributed by atoms with Crippen LogP contribution in [0.1, 0.15) is 18.5 Å². The van der Waals surface area contributed by atoms with Crippen LogP contribution in [-0.2, 0) is 0 Å². The molecule has 0 aliphatic rings. The lowest BCUT2D eigenvalue weighted by atomic mass is 10.1. The van der Waals surface area contributed by atoms with Gasteiger partial charge in [-0.3, -0.25) is 0 Å². The minimum absolute atomic E-state index is 0.186. The van der Waals surface area contributed by atoms with Crippen molar-refractivity contribution in [3.05, 3.63) is 64.4 Å². The first kappa shape index (κ1) is 13.0. The molecule has 5 heteroatoms. The minimum Gasteiger partial charge on any atom is -0.331 e. The van der Waals surface area contributed by atoms with Gasteiger partial charge in [-0.25, -0.2) is 8.78 Å². The number of hydrogen-bond donors (Lipinski definition) is 1. The number of nitrogens with one attached hydrogen (secondary N) is 1. The highest BCUT2D eigenvalue weighted by Gasteiger charge is 2.14. The molecule has 2 aromatic carbocycles. The Morgan fingerprint density at radius 2 is 1.85 bits per heavy atom. The zero-order chi connectivity index (χ0) is 14.3. The van der Waals surface area contributed by atoms with Crippen LogP contribution in [0, 0.1) is 16.4 Å². The van der Waals surface area contributed by atoms with Crippen LogP contribution in [0.25, 0.3) is 11.0 Å². The van der Waals surface area contributed by atoms with Gasteiger partial charge in [0.05, 0.1) is 17.1 Å². The molecule has 20 heavy (non-hydrogen) atoms. The second-order valence-corrected chi connectivity index (χ2v) is 5.08. The summed E-state index contributed by atoms with van der Waals surface area (Å²) < 4.78 is 29.1. The van der Waals surface area contributed by atoms with E-state index in [9.17, 15) is 8.78 Å². The van der Waals surface area contributed by atoms with Crippen LogP contribution < -0.4 is 0 Å². The molecule has 0 spiro atoms. The molecule has 2 nitrogen and oxygen atoms in total. The van der Waals surface area contributed by atoms with Crippen molar-refractivity contribution in [2.75, 3.05) is 0 Å². The Labute approximate surface area is 119 Å². The van der Waals surface area contributed by atoms with E-state index >= 15 is 0 Å². The fourth-order valence-electron chi connectivity index (χ4n) is 2.39. The average Bonchev–Trinajstić information content (AvgIpc) is 2.73. The lowest BCUT2D eigenvalue weighted by Crippen LogP contribution is -2.07. The number of aromatic amines is 1. The zero-order valence-corrected chi connectivity index (χ0v) is 11.5. The highest BCUT2D eigenvalue weighted by molar-refractivity contribution is 7.71. The molecule has 102 valence electrons. The summed E-state index contributed by atoms with van der Waals surface area (Å²) in [6.45, 7) is 1.91. The van der Waals surface area contributed by atoms with E-state index in [2.05, 4.69) is 4.98 Å². The first-order chi connectivity index (χ1) is 9.56. The van der Waals surface area contributed by atoms with Gasteiger partial charge in [0.15, 0.2) is 4.77 Å². The molecule has 1 N–H and O–H groups in total. The Bertz CT molecular complexity index is 835. The van der Waals surface area contributed by atoms with Crippen LogP contribution in [0.5, 0.6) is 0 Å². The number of aromatic nitrogens is 2. The van der Waals surface area contributed by atoms with Crippen molar-refractivity contribution in [3.8, 4) is 0 Å². The third kappa shape index (κ3) is 2.14. The van der Waals surface area contributed by atoms with Crippen molar-refractivity contribution in [2.45, 2.75) is 13.0 Å². The summed E-state index contributed by atoms with van der Waals surface area (Å²) in [5.74, 6) is -0.626. The molecule has 0 amide bonds. The second kappa shape index (κ2) is 4.83. The molecular weight excluding hydrogens is 278 g/mol. The van der Waals surface area contributed by atoms with Gasteiger partial charge < -0.3 is 9.55 Å². The summed E-state index contributed by atoms with van der Waals surface area (Å²) in [6, 6.07) is 10.6. The number of benzene rings is 2. The molecule has 0 aliphatic carbocycles. The molecule has 0 saturated carbocycles. The van der Waals surface area contributed by atoms with Gasteiger partial charge in [-0.1, -0.05) is 12.1 Å². The first-order valence-electron chi connectivity index (χ1n) is 6.21. The lowest BCUT2D eigenvalue weighted by molar-refractivity contribution is 0.605. The summed E-state index contributed by atoms with van der Waals surface area (Å²) in [5, 5.41) is 0. The van der Waals surface area contributed by atoms with E-state index in [1.807, 2.05) is 13.0 Å². The normalized spacial score (nSPS) is 12.8. The van der Waals surface area contributed by atoms with Crippen molar-refractivity contribution in [1.29, 1.82) is 0 Å². The molecule has 0 saturated heterocycles. The number of hydrogen-bond acceptors (Lipinski definition) is 1. The van der Waals surface area contributed by atoms with Crippen LogP contribution in [0.15, 0.2) is 42.5 Å². The standard InChI is InChI=1S/C15H12F2N2S/c1-9(10-3-2-4-11(16)7-10)19-14-8-12(17)5-6-13(14)18-15(19)20/h2-9H,1H3,(H,18,20). The zero-order valence-electron chi connectivity index (χ0n) is 10.7. The third-order valence-electron chi connectivity index (χ3n) is 3.40. The average molecular weight is 290 g/mol. The van der Waals surface area contributed by atoms with E-state index < -0.39 is 0 Å². The number of nitrogens with zero attached hydrogens (tertiary/aromatic N) is 1. The number of H-pyrrole nitrogens is 1. The molecule has 0 bridgehead atoms. The lowest BCUT2D eigenvalue weighted by Gasteiger charge is -2.15. The SMILES string of the molecule is CC(c1cccc(F)c1)n1c(=S)[nH]c2ccc(F)cc21. The topological polar surface area (TPSA) is 20.7 Å². The van der Waals surface area contributed by atoms with Crippen molar-refractivity contribution < 1.29 is 8.78 Å². The van der Waals surface area contributed by atoms with E-state index in [4.69, 9.17) is 12.2 Å². The summed E-state index contributed by atoms with van der Waals surface area (Å²) >= 11 is 5.30. The quantitative estimate of drug-likeness (QED) is 0.685. The number of fused-ring (bicyclic) bond motifs is 1. The number of halogens is 2. The van der Waals surface area contributed by atoms with E-state index in [0.29, 0.717) is 10.3 Å². The van der Waals surface area contributed by atoms with Gasteiger partial charge >= 0.3 is 0 Å². The van der Waals surface area contributed by atoms with E-state index in [1.54, 1.807) is 16.7 Å². The number of rotatable bonds is 2. The second-order valence-electron chi connectivity index (χ2n) is 4.69. The summed E-state index contributed by atoms with van der Waals surface area (Å²) in [7, 11) is 0. The monoisotopic (exact) mass is 290 g/mol. The Kier molecular flexibility index (Phi) is 3.14. The Hall–Kier alpha value is -2.01. The Balaban J connectivity index is 2.21. The number of imidazole rings is 1. The van der Waals surface area contributed by atoms with Crippen molar-refractivity contribution in [2.24, 2.45) is 0 Å². The fourth-order valence-corrected chi connectivity index (χ4v) is 2.76. The van der Waals surface area contributed by atoms with Gasteiger partial charge in [0.2, 0.25) is 0 Å². The first-order valence-corrected chi connectivity index (χ1v) is 6.62. The highest BCUT2D eigenvalue weighted by atomic mass is 32.1. The van der Waals surface area contributed by atoms with Crippen LogP contribution in [0.4, 0.5) is 8.78 Å². The predicted octanol–water partition coefficient (Wildman–Crippen LogP) is 4.59. The molecule has 1 unspecified atom stereocenters. The van der Waals surface area contributed by atoms with Crippen LogP contribution in [-0.4, -0.2) is 9.55 Å². The fraction of sp³-hybridized carbons (Fsp3) is 0.133. The van der Waals surface area contributed by atoms with Gasteiger partial charge in [0.1, 0.15) is 11.6 Å². The highest BCUT2D eigenvalue weighted by Crippen LogP contribution is 2.25. The van der Waals surface area contributed by atoms with E-state index in [0.717, 1.165) is 11.1 Å². The largest absolute Gasteiger partial charge is 0.331 e. The van der Waals surface area contributed by atoms with Gasteiger partial charge in [-0.05, 0) is 55.0 Å². The minimum atomic E-state index is -0.327. The van der Waals surface area contributed by atoms with Crippen LogP contribution in [0.3, 0.4) is 0 Å². The van der Waals surface area contributed by atoms with E-state index in [1.165, 1.54) is 24.3 Å². The molecule has 0 fully saturated rings. The molecular formula is C15H12F2N2S. The predicted molar refractivity (Wildman–Crippen MR) is 77.3 cm³/mol. The molecule has 1 heterocycles. The smallest absolute Gasteiger partial charge is 0.178 e. The van der Waals surface area contributed by atoms with Gasteiger partial charge in [-0.15, -0.1) is 0 Å². The molecule has 3 aromatic rings. The summed E-state index contributed by atoms with van der Waals surface area (Å²) in [6.07, 6.45) is 0. The van der Waals surface area contributed by atoms with Crippen molar-refractivity contribution in [1.82, 2.24) is 9.55 Å². The van der Waals surface area contributed by atoms with Crippen molar-refractivity contribution in [3.63, 3.8) is 0 Å². The van der Waals surface area contributed by atoms with Gasteiger partial charge in [0, 0.05) is 0 Å². The van der Waals surface area contributed by atoms with Gasteiger partial charge in [0.25, 0.3) is 0 Å². The van der Waals surface area contributed by atoms with Crippen LogP contribution in [0.2, 0.25) is 0 Å². The van der Waals surface area contributed by atoms with E-state index in [-0.39, 0.29) is 17.7 Å². The molecule has 3 rings (SSSR count). The third-order valence-corrected chi connectivity index (χ3v) is 3.70. The summed E-state index contributed by atoms with van der Waals surface area (Å²) in [5.41, 5.74) is 2.22. The summed E-state index contributed by atoms with van der Waals surface area (Å²) in [4.78, 5) is 3.04. The molecule has 1 atom stereocenters. The van der Waals surface area contributed by atoms with Crippen LogP contribution >= 0.6 is 12.2 Å². The molecule has 1 aromatic heterocycles. The maximum atomic E-state index is 13.4. The Morgan fingerprint density at radius 1 is 1.10 bits per heavy atom. The molecule has 0 aliphatic heterocycles. The van der Waals surface area contributed by atoms with Gasteiger partial charge in [-0.2, -0.15) is 0 Å². The Morgan fingerprint density at radius 3 is 2.60 bits per heavy atom.